The van der Waals surface area contributed by atoms with E-state index in [1.165, 1.54) is 12.1 Å². The van der Waals surface area contributed by atoms with E-state index in [4.69, 9.17) is 23.2 Å². The van der Waals surface area contributed by atoms with E-state index < -0.39 is 10.0 Å². The van der Waals surface area contributed by atoms with Crippen molar-refractivity contribution in [2.45, 2.75) is 4.90 Å². The second-order valence-corrected chi connectivity index (χ2v) is 8.13. The summed E-state index contributed by atoms with van der Waals surface area (Å²) in [4.78, 5) is 0.121. The molecule has 0 saturated carbocycles. The molecule has 20 heavy (non-hydrogen) atoms. The highest BCUT2D eigenvalue weighted by molar-refractivity contribution is 9.10. The van der Waals surface area contributed by atoms with Gasteiger partial charge in [0, 0.05) is 8.95 Å². The van der Waals surface area contributed by atoms with E-state index in [1.807, 2.05) is 0 Å². The number of hydrogen-bond donors (Lipinski definition) is 1. The third-order valence-electron chi connectivity index (χ3n) is 2.37. The van der Waals surface area contributed by atoms with Crippen LogP contribution in [-0.4, -0.2) is 8.42 Å². The lowest BCUT2D eigenvalue weighted by molar-refractivity contribution is 0.601. The van der Waals surface area contributed by atoms with Gasteiger partial charge >= 0.3 is 0 Å². The third kappa shape index (κ3) is 3.68. The van der Waals surface area contributed by atoms with Crippen LogP contribution in [0.4, 0.5) is 5.69 Å². The van der Waals surface area contributed by atoms with Crippen molar-refractivity contribution in [3.05, 3.63) is 55.4 Å². The molecule has 0 bridgehead atoms. The van der Waals surface area contributed by atoms with Crippen LogP contribution in [0.5, 0.6) is 0 Å². The zero-order valence-electron chi connectivity index (χ0n) is 9.70. The Balaban J connectivity index is 2.41. The lowest BCUT2D eigenvalue weighted by atomic mass is 10.3. The Bertz CT molecular complexity index is 726. The molecule has 0 amide bonds. The van der Waals surface area contributed by atoms with Crippen molar-refractivity contribution in [2.24, 2.45) is 0 Å². The summed E-state index contributed by atoms with van der Waals surface area (Å²) in [7, 11) is -3.74. The third-order valence-corrected chi connectivity index (χ3v) is 5.32. The molecule has 0 saturated heterocycles. The summed E-state index contributed by atoms with van der Waals surface area (Å²) in [5, 5.41) is 0.426. The van der Waals surface area contributed by atoms with E-state index in [0.717, 1.165) is 4.47 Å². The molecule has 2 aromatic rings. The molecule has 0 atom stereocenters. The normalized spacial score (nSPS) is 11.4. The van der Waals surface area contributed by atoms with Crippen LogP contribution in [-0.2, 0) is 10.0 Å². The monoisotopic (exact) mass is 457 g/mol. The minimum absolute atomic E-state index is 0.121. The highest BCUT2D eigenvalue weighted by Crippen LogP contribution is 2.35. The van der Waals surface area contributed by atoms with Gasteiger partial charge in [-0.05, 0) is 36.4 Å². The van der Waals surface area contributed by atoms with Gasteiger partial charge < -0.3 is 0 Å². The topological polar surface area (TPSA) is 46.2 Å². The second kappa shape index (κ2) is 6.23. The number of sulfonamides is 1. The minimum atomic E-state index is -3.74. The average Bonchev–Trinajstić information content (AvgIpc) is 2.34. The van der Waals surface area contributed by atoms with Crippen LogP contribution < -0.4 is 4.72 Å². The van der Waals surface area contributed by atoms with E-state index >= 15 is 0 Å². The van der Waals surface area contributed by atoms with Gasteiger partial charge in [0.1, 0.15) is 0 Å². The van der Waals surface area contributed by atoms with Gasteiger partial charge in [-0.25, -0.2) is 8.42 Å². The molecular formula is C12H7Br2Cl2NO2S. The molecule has 3 nitrogen and oxygen atoms in total. The number of halogens is 4. The Kier molecular flexibility index (Phi) is 5.02. The van der Waals surface area contributed by atoms with E-state index in [9.17, 15) is 8.42 Å². The maximum atomic E-state index is 12.2. The molecule has 2 aromatic carbocycles. The number of rotatable bonds is 3. The number of anilines is 1. The molecular weight excluding hydrogens is 453 g/mol. The van der Waals surface area contributed by atoms with E-state index in [2.05, 4.69) is 36.6 Å². The zero-order chi connectivity index (χ0) is 14.9. The number of hydrogen-bond acceptors (Lipinski definition) is 2. The standard InChI is InChI=1S/C12H7Br2Cl2NO2S/c13-7-1-3-9(4-2-7)20(18,19)17-12-10(15)5-8(14)6-11(12)16/h1-6,17H. The van der Waals surface area contributed by atoms with Crippen LogP contribution in [0.15, 0.2) is 50.2 Å². The van der Waals surface area contributed by atoms with Crippen LogP contribution >= 0.6 is 55.1 Å². The van der Waals surface area contributed by atoms with Crippen LogP contribution in [0.25, 0.3) is 0 Å². The Morgan fingerprint density at radius 2 is 1.40 bits per heavy atom. The molecule has 0 aliphatic rings. The van der Waals surface area contributed by atoms with Crippen LogP contribution in [0.2, 0.25) is 10.0 Å². The highest BCUT2D eigenvalue weighted by Gasteiger charge is 2.18. The van der Waals surface area contributed by atoms with Gasteiger partial charge in [0.05, 0.1) is 20.6 Å². The largest absolute Gasteiger partial charge is 0.277 e. The van der Waals surface area contributed by atoms with Crippen molar-refractivity contribution in [1.82, 2.24) is 0 Å². The summed E-state index contributed by atoms with van der Waals surface area (Å²) in [5.74, 6) is 0. The fourth-order valence-electron chi connectivity index (χ4n) is 1.45. The fourth-order valence-corrected chi connectivity index (χ4v) is 4.23. The number of nitrogens with one attached hydrogen (secondary N) is 1. The van der Waals surface area contributed by atoms with Gasteiger partial charge in [0.25, 0.3) is 10.0 Å². The molecule has 0 heterocycles. The van der Waals surface area contributed by atoms with Crippen LogP contribution in [0, 0.1) is 0 Å². The van der Waals surface area contributed by atoms with E-state index in [0.29, 0.717) is 4.47 Å². The molecule has 106 valence electrons. The molecule has 0 spiro atoms. The zero-order valence-corrected chi connectivity index (χ0v) is 15.2. The summed E-state index contributed by atoms with van der Waals surface area (Å²) < 4.78 is 28.3. The molecule has 0 fully saturated rings. The molecule has 0 aliphatic carbocycles. The maximum Gasteiger partial charge on any atom is 0.261 e. The number of benzene rings is 2. The first kappa shape index (κ1) is 16.1. The summed E-state index contributed by atoms with van der Waals surface area (Å²) in [6, 6.07) is 9.36. The van der Waals surface area contributed by atoms with Crippen LogP contribution in [0.3, 0.4) is 0 Å². The molecule has 0 aromatic heterocycles. The summed E-state index contributed by atoms with van der Waals surface area (Å²) in [5.41, 5.74) is 0.152. The van der Waals surface area contributed by atoms with Gasteiger partial charge in [0.2, 0.25) is 0 Å². The van der Waals surface area contributed by atoms with E-state index in [1.54, 1.807) is 24.3 Å². The molecule has 2 rings (SSSR count). The molecule has 0 unspecified atom stereocenters. The molecule has 0 radical (unpaired) electrons. The Morgan fingerprint density at radius 3 is 1.90 bits per heavy atom. The maximum absolute atomic E-state index is 12.2. The first-order chi connectivity index (χ1) is 9.29. The van der Waals surface area contributed by atoms with Crippen molar-refractivity contribution in [3.63, 3.8) is 0 Å². The Hall–Kier alpha value is -0.270. The van der Waals surface area contributed by atoms with Crippen molar-refractivity contribution in [1.29, 1.82) is 0 Å². The summed E-state index contributed by atoms with van der Waals surface area (Å²) >= 11 is 18.5. The van der Waals surface area contributed by atoms with Gasteiger partial charge in [0.15, 0.2) is 0 Å². The van der Waals surface area contributed by atoms with Gasteiger partial charge in [-0.3, -0.25) is 4.72 Å². The Morgan fingerprint density at radius 1 is 0.900 bits per heavy atom. The van der Waals surface area contributed by atoms with E-state index in [-0.39, 0.29) is 20.6 Å². The average molecular weight is 460 g/mol. The Labute approximate surface area is 143 Å². The predicted molar refractivity (Wildman–Crippen MR) is 89.1 cm³/mol. The predicted octanol–water partition coefficient (Wildman–Crippen LogP) is 5.32. The second-order valence-electron chi connectivity index (χ2n) is 3.80. The summed E-state index contributed by atoms with van der Waals surface area (Å²) in [6.45, 7) is 0. The van der Waals surface area contributed by atoms with Crippen molar-refractivity contribution in [2.75, 3.05) is 4.72 Å². The van der Waals surface area contributed by atoms with Crippen molar-refractivity contribution >= 4 is 70.8 Å². The summed E-state index contributed by atoms with van der Waals surface area (Å²) in [6.07, 6.45) is 0. The first-order valence-electron chi connectivity index (χ1n) is 5.22. The quantitative estimate of drug-likeness (QED) is 0.675. The minimum Gasteiger partial charge on any atom is -0.277 e. The van der Waals surface area contributed by atoms with Crippen molar-refractivity contribution < 1.29 is 8.42 Å². The SMILES string of the molecule is O=S(=O)(Nc1c(Cl)cc(Br)cc1Cl)c1ccc(Br)cc1. The molecule has 8 heteroatoms. The van der Waals surface area contributed by atoms with Gasteiger partial charge in [-0.15, -0.1) is 0 Å². The van der Waals surface area contributed by atoms with Gasteiger partial charge in [-0.2, -0.15) is 0 Å². The molecule has 1 N–H and O–H groups in total. The lowest BCUT2D eigenvalue weighted by Crippen LogP contribution is -2.13. The highest BCUT2D eigenvalue weighted by atomic mass is 79.9. The fraction of sp³-hybridized carbons (Fsp3) is 0. The van der Waals surface area contributed by atoms with Gasteiger partial charge in [-0.1, -0.05) is 55.1 Å². The lowest BCUT2D eigenvalue weighted by Gasteiger charge is -2.11. The van der Waals surface area contributed by atoms with Crippen LogP contribution in [0.1, 0.15) is 0 Å². The molecule has 0 aliphatic heterocycles. The van der Waals surface area contributed by atoms with Crippen molar-refractivity contribution in [3.8, 4) is 0 Å². The first-order valence-corrected chi connectivity index (χ1v) is 9.05. The smallest absolute Gasteiger partial charge is 0.261 e.